The van der Waals surface area contributed by atoms with Gasteiger partial charge in [0.15, 0.2) is 0 Å². The van der Waals surface area contributed by atoms with Crippen molar-refractivity contribution in [1.82, 2.24) is 5.43 Å². The maximum absolute atomic E-state index is 6.16. The van der Waals surface area contributed by atoms with Crippen molar-refractivity contribution in [3.05, 3.63) is 0 Å². The van der Waals surface area contributed by atoms with Crippen LogP contribution in [0.3, 0.4) is 0 Å². The zero-order valence-corrected chi connectivity index (χ0v) is 9.23. The second-order valence-electron chi connectivity index (χ2n) is 4.63. The van der Waals surface area contributed by atoms with E-state index in [1.807, 2.05) is 0 Å². The average Bonchev–Trinajstić information content (AvgIpc) is 2.24. The third kappa shape index (κ3) is 4.47. The summed E-state index contributed by atoms with van der Waals surface area (Å²) in [5.74, 6) is 5.51. The Morgan fingerprint density at radius 2 is 1.14 bits per heavy atom. The van der Waals surface area contributed by atoms with Gasteiger partial charge in [-0.3, -0.25) is 11.3 Å². The molecule has 0 bridgehead atoms. The SMILES string of the molecule is [B]C1(NN)CCCCCCCCCC1. The smallest absolute Gasteiger partial charge is 0.0973 e. The molecule has 1 aliphatic carbocycles. The second kappa shape index (κ2) is 6.47. The molecule has 14 heavy (non-hydrogen) atoms. The molecule has 0 unspecified atom stereocenters. The van der Waals surface area contributed by atoms with Gasteiger partial charge in [-0.25, -0.2) is 0 Å². The molecule has 1 saturated carbocycles. The summed E-state index contributed by atoms with van der Waals surface area (Å²) in [4.78, 5) is 0. The number of hydrogen-bond donors (Lipinski definition) is 2. The lowest BCUT2D eigenvalue weighted by atomic mass is 9.71. The predicted molar refractivity (Wildman–Crippen MR) is 62.0 cm³/mol. The van der Waals surface area contributed by atoms with E-state index in [4.69, 9.17) is 13.7 Å². The van der Waals surface area contributed by atoms with Gasteiger partial charge < -0.3 is 0 Å². The Morgan fingerprint density at radius 3 is 1.50 bits per heavy atom. The van der Waals surface area contributed by atoms with Crippen LogP contribution in [0.25, 0.3) is 0 Å². The Hall–Kier alpha value is -0.0151. The van der Waals surface area contributed by atoms with Gasteiger partial charge in [0.25, 0.3) is 0 Å². The van der Waals surface area contributed by atoms with E-state index in [0.29, 0.717) is 0 Å². The lowest BCUT2D eigenvalue weighted by molar-refractivity contribution is 0.379. The Kier molecular flexibility index (Phi) is 5.57. The van der Waals surface area contributed by atoms with E-state index < -0.39 is 0 Å². The predicted octanol–water partition coefficient (Wildman–Crippen LogP) is 2.23. The Balaban J connectivity index is 2.35. The van der Waals surface area contributed by atoms with E-state index in [9.17, 15) is 0 Å². The maximum Gasteiger partial charge on any atom is 0.0973 e. The number of rotatable bonds is 1. The largest absolute Gasteiger partial charge is 0.272 e. The van der Waals surface area contributed by atoms with Crippen LogP contribution in [-0.2, 0) is 0 Å². The molecule has 0 aliphatic heterocycles. The molecule has 1 aliphatic rings. The molecule has 1 rings (SSSR count). The van der Waals surface area contributed by atoms with Gasteiger partial charge in [-0.05, 0) is 18.3 Å². The van der Waals surface area contributed by atoms with E-state index in [-0.39, 0.29) is 5.44 Å². The van der Waals surface area contributed by atoms with E-state index in [1.165, 1.54) is 51.4 Å². The van der Waals surface area contributed by atoms with E-state index in [2.05, 4.69) is 5.43 Å². The van der Waals surface area contributed by atoms with Gasteiger partial charge in [-0.15, -0.1) is 0 Å². The molecule has 0 aromatic rings. The molecule has 80 valence electrons. The molecule has 0 heterocycles. The molecule has 2 nitrogen and oxygen atoms in total. The number of hydrogen-bond acceptors (Lipinski definition) is 2. The molecule has 0 aromatic carbocycles. The van der Waals surface area contributed by atoms with Crippen molar-refractivity contribution in [3.8, 4) is 0 Å². The van der Waals surface area contributed by atoms with Crippen molar-refractivity contribution in [1.29, 1.82) is 0 Å². The second-order valence-corrected chi connectivity index (χ2v) is 4.63. The zero-order valence-electron chi connectivity index (χ0n) is 9.23. The minimum absolute atomic E-state index is 0.301. The van der Waals surface area contributed by atoms with Crippen LogP contribution in [0.1, 0.15) is 64.2 Å². The van der Waals surface area contributed by atoms with Crippen LogP contribution in [0, 0.1) is 0 Å². The minimum Gasteiger partial charge on any atom is -0.272 e. The molecular weight excluding hydrogens is 171 g/mol. The van der Waals surface area contributed by atoms with Crippen LogP contribution in [0.5, 0.6) is 0 Å². The Bertz CT molecular complexity index is 138. The van der Waals surface area contributed by atoms with Gasteiger partial charge in [0.05, 0.1) is 7.85 Å². The quantitative estimate of drug-likeness (QED) is 0.381. The molecule has 0 aromatic heterocycles. The van der Waals surface area contributed by atoms with Crippen LogP contribution in [0.2, 0.25) is 0 Å². The first kappa shape index (κ1) is 12.1. The van der Waals surface area contributed by atoms with Crippen LogP contribution in [-0.4, -0.2) is 13.3 Å². The van der Waals surface area contributed by atoms with E-state index in [0.717, 1.165) is 12.8 Å². The fraction of sp³-hybridized carbons (Fsp3) is 1.00. The highest BCUT2D eigenvalue weighted by Crippen LogP contribution is 2.21. The summed E-state index contributed by atoms with van der Waals surface area (Å²) in [6.07, 6.45) is 12.6. The molecule has 3 N–H and O–H groups in total. The van der Waals surface area contributed by atoms with E-state index >= 15 is 0 Å². The van der Waals surface area contributed by atoms with Gasteiger partial charge in [-0.2, -0.15) is 0 Å². The molecule has 0 saturated heterocycles. The molecule has 1 fully saturated rings. The molecule has 2 radical (unpaired) electrons. The van der Waals surface area contributed by atoms with Crippen LogP contribution >= 0.6 is 0 Å². The van der Waals surface area contributed by atoms with Crippen molar-refractivity contribution in [3.63, 3.8) is 0 Å². The standard InChI is InChI=1S/C11H23BN2/c12-11(14-13)9-7-5-3-1-2-4-6-8-10-11/h14H,1-10,13H2. The Morgan fingerprint density at radius 1 is 0.786 bits per heavy atom. The van der Waals surface area contributed by atoms with Crippen molar-refractivity contribution in [2.75, 3.05) is 0 Å². The summed E-state index contributed by atoms with van der Waals surface area (Å²) < 4.78 is 0. The fourth-order valence-corrected chi connectivity index (χ4v) is 2.21. The zero-order chi connectivity index (χ0) is 10.3. The lowest BCUT2D eigenvalue weighted by Gasteiger charge is -2.29. The van der Waals surface area contributed by atoms with Crippen LogP contribution in [0.4, 0.5) is 0 Å². The summed E-state index contributed by atoms with van der Waals surface area (Å²) in [5, 5.41) is 0. The third-order valence-corrected chi connectivity index (χ3v) is 3.28. The first-order valence-electron chi connectivity index (χ1n) is 6.03. The van der Waals surface area contributed by atoms with Crippen molar-refractivity contribution >= 4 is 7.85 Å². The van der Waals surface area contributed by atoms with Gasteiger partial charge in [0.2, 0.25) is 0 Å². The van der Waals surface area contributed by atoms with Gasteiger partial charge in [0, 0.05) is 0 Å². The van der Waals surface area contributed by atoms with Crippen LogP contribution in [0.15, 0.2) is 0 Å². The summed E-state index contributed by atoms with van der Waals surface area (Å²) in [6.45, 7) is 0. The van der Waals surface area contributed by atoms with Gasteiger partial charge in [-0.1, -0.05) is 51.4 Å². The molecular formula is C11H23BN2. The maximum atomic E-state index is 6.16. The topological polar surface area (TPSA) is 38.0 Å². The van der Waals surface area contributed by atoms with Crippen molar-refractivity contribution in [2.24, 2.45) is 5.84 Å². The normalized spacial score (nSPS) is 25.2. The molecule has 3 heteroatoms. The van der Waals surface area contributed by atoms with E-state index in [1.54, 1.807) is 0 Å². The van der Waals surface area contributed by atoms with Gasteiger partial charge in [0.1, 0.15) is 0 Å². The monoisotopic (exact) mass is 194 g/mol. The fourth-order valence-electron chi connectivity index (χ4n) is 2.21. The molecule has 0 spiro atoms. The number of hydrazine groups is 1. The highest BCUT2D eigenvalue weighted by molar-refractivity contribution is 6.15. The van der Waals surface area contributed by atoms with Crippen LogP contribution < -0.4 is 11.3 Å². The first-order chi connectivity index (χ1) is 6.77. The van der Waals surface area contributed by atoms with Gasteiger partial charge >= 0.3 is 0 Å². The Labute approximate surface area is 89.4 Å². The summed E-state index contributed by atoms with van der Waals surface area (Å²) >= 11 is 0. The summed E-state index contributed by atoms with van der Waals surface area (Å²) in [6, 6.07) is 0. The summed E-state index contributed by atoms with van der Waals surface area (Å²) in [5.41, 5.74) is 2.49. The number of nitrogens with two attached hydrogens (primary N) is 1. The molecule has 0 atom stereocenters. The highest BCUT2D eigenvalue weighted by atomic mass is 15.2. The average molecular weight is 194 g/mol. The van der Waals surface area contributed by atoms with Crippen molar-refractivity contribution < 1.29 is 0 Å². The first-order valence-corrected chi connectivity index (χ1v) is 6.03. The number of nitrogens with one attached hydrogen (secondary N) is 1. The van der Waals surface area contributed by atoms with Crippen molar-refractivity contribution in [2.45, 2.75) is 69.6 Å². The highest BCUT2D eigenvalue weighted by Gasteiger charge is 2.20. The molecule has 0 amide bonds. The minimum atomic E-state index is -0.301. The third-order valence-electron chi connectivity index (χ3n) is 3.28. The summed E-state index contributed by atoms with van der Waals surface area (Å²) in [7, 11) is 6.16. The lowest BCUT2D eigenvalue weighted by Crippen LogP contribution is -2.49.